The van der Waals surface area contributed by atoms with Gasteiger partial charge in [-0.1, -0.05) is 24.3 Å². The zero-order chi connectivity index (χ0) is 9.36. The molecule has 0 unspecified atom stereocenters. The van der Waals surface area contributed by atoms with E-state index in [1.807, 2.05) is 31.3 Å². The summed E-state index contributed by atoms with van der Waals surface area (Å²) in [6.07, 6.45) is 12.5. The summed E-state index contributed by atoms with van der Waals surface area (Å²) in [5.41, 5.74) is 1.03. The van der Waals surface area contributed by atoms with Gasteiger partial charge in [0.25, 0.3) is 0 Å². The van der Waals surface area contributed by atoms with Gasteiger partial charge >= 0.3 is 0 Å². The van der Waals surface area contributed by atoms with Crippen molar-refractivity contribution >= 4 is 6.08 Å². The molecule has 0 radical (unpaired) electrons. The molecule has 0 bridgehead atoms. The van der Waals surface area contributed by atoms with Crippen LogP contribution in [-0.2, 0) is 0 Å². The SMILES string of the molecule is C/C=C\CC/C=C/c1ccccn1. The fourth-order valence-electron chi connectivity index (χ4n) is 1.04. The van der Waals surface area contributed by atoms with E-state index in [4.69, 9.17) is 0 Å². The molecule has 1 aromatic rings. The van der Waals surface area contributed by atoms with E-state index >= 15 is 0 Å². The van der Waals surface area contributed by atoms with Gasteiger partial charge in [-0.3, -0.25) is 4.98 Å². The Balaban J connectivity index is 2.32. The molecule has 1 heteroatoms. The van der Waals surface area contributed by atoms with E-state index < -0.39 is 0 Å². The van der Waals surface area contributed by atoms with Crippen LogP contribution in [0.4, 0.5) is 0 Å². The molecule has 0 atom stereocenters. The Morgan fingerprint density at radius 2 is 2.08 bits per heavy atom. The van der Waals surface area contributed by atoms with Gasteiger partial charge in [0.2, 0.25) is 0 Å². The number of hydrogen-bond donors (Lipinski definition) is 0. The Kier molecular flexibility index (Phi) is 4.62. The van der Waals surface area contributed by atoms with Gasteiger partial charge in [-0.15, -0.1) is 0 Å². The molecule has 1 nitrogen and oxygen atoms in total. The quantitative estimate of drug-likeness (QED) is 0.502. The van der Waals surface area contributed by atoms with E-state index in [-0.39, 0.29) is 0 Å². The Hall–Kier alpha value is -1.37. The second kappa shape index (κ2) is 6.18. The van der Waals surface area contributed by atoms with Crippen LogP contribution in [0.1, 0.15) is 25.5 Å². The highest BCUT2D eigenvalue weighted by Crippen LogP contribution is 1.99. The van der Waals surface area contributed by atoms with Gasteiger partial charge in [0.15, 0.2) is 0 Å². The Morgan fingerprint density at radius 1 is 1.23 bits per heavy atom. The third-order valence-electron chi connectivity index (χ3n) is 1.71. The van der Waals surface area contributed by atoms with Gasteiger partial charge in [0.1, 0.15) is 0 Å². The lowest BCUT2D eigenvalue weighted by atomic mass is 10.2. The first-order chi connectivity index (χ1) is 6.43. The van der Waals surface area contributed by atoms with Crippen LogP contribution in [0.25, 0.3) is 6.08 Å². The van der Waals surface area contributed by atoms with Crippen LogP contribution < -0.4 is 0 Å². The zero-order valence-electron chi connectivity index (χ0n) is 7.98. The largest absolute Gasteiger partial charge is 0.257 e. The predicted octanol–water partition coefficient (Wildman–Crippen LogP) is 3.45. The van der Waals surface area contributed by atoms with E-state index in [1.165, 1.54) is 0 Å². The molecule has 0 N–H and O–H groups in total. The third kappa shape index (κ3) is 4.26. The molecular formula is C12H15N. The summed E-state index contributed by atoms with van der Waals surface area (Å²) >= 11 is 0. The number of rotatable bonds is 4. The van der Waals surface area contributed by atoms with Crippen molar-refractivity contribution in [1.29, 1.82) is 0 Å². The highest BCUT2D eigenvalue weighted by molar-refractivity contribution is 5.43. The molecule has 0 amide bonds. The van der Waals surface area contributed by atoms with Crippen molar-refractivity contribution in [2.45, 2.75) is 19.8 Å². The fourth-order valence-corrected chi connectivity index (χ4v) is 1.04. The molecule has 0 aromatic carbocycles. The summed E-state index contributed by atoms with van der Waals surface area (Å²) in [5.74, 6) is 0. The lowest BCUT2D eigenvalue weighted by Gasteiger charge is -1.89. The summed E-state index contributed by atoms with van der Waals surface area (Å²) in [7, 11) is 0. The highest BCUT2D eigenvalue weighted by Gasteiger charge is 1.82. The summed E-state index contributed by atoms with van der Waals surface area (Å²) in [6.45, 7) is 2.04. The van der Waals surface area contributed by atoms with Crippen molar-refractivity contribution in [2.24, 2.45) is 0 Å². The maximum atomic E-state index is 4.19. The second-order valence-electron chi connectivity index (χ2n) is 2.80. The molecule has 0 saturated carbocycles. The van der Waals surface area contributed by atoms with Crippen molar-refractivity contribution < 1.29 is 0 Å². The van der Waals surface area contributed by atoms with E-state index in [1.54, 1.807) is 0 Å². The number of pyridine rings is 1. The van der Waals surface area contributed by atoms with E-state index in [2.05, 4.69) is 29.3 Å². The zero-order valence-corrected chi connectivity index (χ0v) is 7.98. The Bertz CT molecular complexity index is 272. The van der Waals surface area contributed by atoms with Gasteiger partial charge in [-0.25, -0.2) is 0 Å². The lowest BCUT2D eigenvalue weighted by molar-refractivity contribution is 1.05. The number of hydrogen-bond acceptors (Lipinski definition) is 1. The average Bonchev–Trinajstić information content (AvgIpc) is 2.19. The van der Waals surface area contributed by atoms with Crippen LogP contribution in [0.3, 0.4) is 0 Å². The molecule has 0 aliphatic rings. The minimum Gasteiger partial charge on any atom is -0.257 e. The molecule has 68 valence electrons. The minimum atomic E-state index is 1.03. The Morgan fingerprint density at radius 3 is 2.77 bits per heavy atom. The monoisotopic (exact) mass is 173 g/mol. The van der Waals surface area contributed by atoms with E-state index in [0.29, 0.717) is 0 Å². The van der Waals surface area contributed by atoms with Gasteiger partial charge in [0.05, 0.1) is 5.69 Å². The van der Waals surface area contributed by atoms with Gasteiger partial charge < -0.3 is 0 Å². The van der Waals surface area contributed by atoms with Crippen LogP contribution in [-0.4, -0.2) is 4.98 Å². The van der Waals surface area contributed by atoms with Gasteiger partial charge in [0, 0.05) is 6.20 Å². The van der Waals surface area contributed by atoms with Crippen molar-refractivity contribution in [3.8, 4) is 0 Å². The summed E-state index contributed by atoms with van der Waals surface area (Å²) in [5, 5.41) is 0. The molecule has 0 aliphatic heterocycles. The summed E-state index contributed by atoms with van der Waals surface area (Å²) in [4.78, 5) is 4.19. The lowest BCUT2D eigenvalue weighted by Crippen LogP contribution is -1.75. The van der Waals surface area contributed by atoms with Crippen molar-refractivity contribution in [1.82, 2.24) is 4.98 Å². The molecule has 0 fully saturated rings. The van der Waals surface area contributed by atoms with Crippen LogP contribution in [0.2, 0.25) is 0 Å². The molecule has 1 rings (SSSR count). The van der Waals surface area contributed by atoms with E-state index in [0.717, 1.165) is 18.5 Å². The summed E-state index contributed by atoms with van der Waals surface area (Å²) < 4.78 is 0. The fraction of sp³-hybridized carbons (Fsp3) is 0.250. The average molecular weight is 173 g/mol. The first-order valence-corrected chi connectivity index (χ1v) is 4.62. The highest BCUT2D eigenvalue weighted by atomic mass is 14.6. The molecule has 13 heavy (non-hydrogen) atoms. The maximum absolute atomic E-state index is 4.19. The maximum Gasteiger partial charge on any atom is 0.0626 e. The van der Waals surface area contributed by atoms with Crippen LogP contribution in [0, 0.1) is 0 Å². The topological polar surface area (TPSA) is 12.9 Å². The predicted molar refractivity (Wildman–Crippen MR) is 57.3 cm³/mol. The molecule has 0 saturated heterocycles. The smallest absolute Gasteiger partial charge is 0.0626 e. The number of nitrogens with zero attached hydrogens (tertiary/aromatic N) is 1. The van der Waals surface area contributed by atoms with E-state index in [9.17, 15) is 0 Å². The molecule has 1 heterocycles. The van der Waals surface area contributed by atoms with Crippen LogP contribution in [0.15, 0.2) is 42.6 Å². The first kappa shape index (κ1) is 9.72. The molecular weight excluding hydrogens is 158 g/mol. The van der Waals surface area contributed by atoms with Gasteiger partial charge in [-0.05, 0) is 38.0 Å². The van der Waals surface area contributed by atoms with Gasteiger partial charge in [-0.2, -0.15) is 0 Å². The Labute approximate surface area is 79.8 Å². The normalized spacial score (nSPS) is 11.5. The molecule has 1 aromatic heterocycles. The third-order valence-corrected chi connectivity index (χ3v) is 1.71. The number of allylic oxidation sites excluding steroid dienone is 3. The van der Waals surface area contributed by atoms with Crippen molar-refractivity contribution in [3.05, 3.63) is 48.3 Å². The second-order valence-corrected chi connectivity index (χ2v) is 2.80. The van der Waals surface area contributed by atoms with Crippen LogP contribution in [0.5, 0.6) is 0 Å². The van der Waals surface area contributed by atoms with Crippen molar-refractivity contribution in [2.75, 3.05) is 0 Å². The van der Waals surface area contributed by atoms with Crippen LogP contribution >= 0.6 is 0 Å². The standard InChI is InChI=1S/C12H15N/c1-2-3-4-5-6-9-12-10-7-8-11-13-12/h2-3,6-11H,4-5H2,1H3/b3-2-,9-6+. The first-order valence-electron chi connectivity index (χ1n) is 4.62. The minimum absolute atomic E-state index is 1.03. The van der Waals surface area contributed by atoms with Crippen molar-refractivity contribution in [3.63, 3.8) is 0 Å². The molecule has 0 aliphatic carbocycles. The summed E-state index contributed by atoms with van der Waals surface area (Å²) in [6, 6.07) is 5.93. The number of aromatic nitrogens is 1. The molecule has 0 spiro atoms. The number of unbranched alkanes of at least 4 members (excludes halogenated alkanes) is 1.